The Bertz CT molecular complexity index is 742. The Labute approximate surface area is 141 Å². The summed E-state index contributed by atoms with van der Waals surface area (Å²) >= 11 is 0. The highest BCUT2D eigenvalue weighted by atomic mass is 16.7. The van der Waals surface area contributed by atoms with Crippen molar-refractivity contribution < 1.29 is 14.6 Å². The summed E-state index contributed by atoms with van der Waals surface area (Å²) in [6.07, 6.45) is 2.00. The van der Waals surface area contributed by atoms with Crippen LogP contribution in [0.5, 0.6) is 0 Å². The number of hydrogen-bond acceptors (Lipinski definition) is 3. The van der Waals surface area contributed by atoms with Crippen LogP contribution in [0.1, 0.15) is 30.4 Å². The lowest BCUT2D eigenvalue weighted by Crippen LogP contribution is -2.58. The van der Waals surface area contributed by atoms with Crippen molar-refractivity contribution in [2.24, 2.45) is 5.92 Å². The van der Waals surface area contributed by atoms with Crippen molar-refractivity contribution >= 4 is 0 Å². The minimum Gasteiger partial charge on any atom is -0.468 e. The molecule has 0 bridgehead atoms. The fourth-order valence-corrected chi connectivity index (χ4v) is 4.52. The highest BCUT2D eigenvalue weighted by Crippen LogP contribution is 2.60. The normalized spacial score (nSPS) is 30.1. The summed E-state index contributed by atoms with van der Waals surface area (Å²) in [7, 11) is 0. The minimum absolute atomic E-state index is 0.0487. The first-order chi connectivity index (χ1) is 11.8. The first-order valence-electron chi connectivity index (χ1n) is 8.67. The number of hydrogen-bond donors (Lipinski definition) is 1. The molecule has 2 aromatic carbocycles. The van der Waals surface area contributed by atoms with Crippen LogP contribution in [0.15, 0.2) is 72.0 Å². The third-order valence-electron chi connectivity index (χ3n) is 5.57. The molecule has 0 aromatic heterocycles. The highest BCUT2D eigenvalue weighted by Gasteiger charge is 2.65. The van der Waals surface area contributed by atoms with Gasteiger partial charge in [0.05, 0.1) is 12.0 Å². The van der Waals surface area contributed by atoms with Crippen LogP contribution in [0.3, 0.4) is 0 Å². The van der Waals surface area contributed by atoms with Crippen LogP contribution in [0.25, 0.3) is 0 Å². The molecule has 2 heterocycles. The van der Waals surface area contributed by atoms with Crippen LogP contribution in [0.4, 0.5) is 0 Å². The van der Waals surface area contributed by atoms with E-state index in [1.54, 1.807) is 0 Å². The average molecular weight is 320 g/mol. The SMILES string of the molecule is O[C@@H]1CCCC2=C1[C@H]1[C@@H](O2)OC1(c1ccccc1)c1ccccc1. The second-order valence-electron chi connectivity index (χ2n) is 6.84. The molecule has 0 unspecified atom stereocenters. The Balaban J connectivity index is 1.69. The van der Waals surface area contributed by atoms with E-state index >= 15 is 0 Å². The van der Waals surface area contributed by atoms with E-state index in [-0.39, 0.29) is 12.2 Å². The van der Waals surface area contributed by atoms with Gasteiger partial charge in [0.1, 0.15) is 11.4 Å². The molecule has 122 valence electrons. The van der Waals surface area contributed by atoms with Gasteiger partial charge in [-0.05, 0) is 24.0 Å². The van der Waals surface area contributed by atoms with Crippen LogP contribution in [0.2, 0.25) is 0 Å². The van der Waals surface area contributed by atoms with Gasteiger partial charge < -0.3 is 14.6 Å². The lowest BCUT2D eigenvalue weighted by Gasteiger charge is -2.52. The van der Waals surface area contributed by atoms with E-state index in [1.165, 1.54) is 0 Å². The summed E-state index contributed by atoms with van der Waals surface area (Å²) in [6, 6.07) is 20.6. The number of benzene rings is 2. The molecule has 1 aliphatic carbocycles. The molecule has 2 aliphatic heterocycles. The molecule has 0 spiro atoms. The molecule has 0 amide bonds. The third-order valence-corrected chi connectivity index (χ3v) is 5.57. The van der Waals surface area contributed by atoms with Crippen LogP contribution >= 0.6 is 0 Å². The maximum Gasteiger partial charge on any atom is 0.210 e. The van der Waals surface area contributed by atoms with Crippen LogP contribution in [-0.2, 0) is 15.1 Å². The molecule has 1 fully saturated rings. The smallest absolute Gasteiger partial charge is 0.210 e. The van der Waals surface area contributed by atoms with E-state index in [0.29, 0.717) is 0 Å². The first-order valence-corrected chi connectivity index (χ1v) is 8.67. The largest absolute Gasteiger partial charge is 0.468 e. The van der Waals surface area contributed by atoms with E-state index in [2.05, 4.69) is 24.3 Å². The molecule has 3 aliphatic rings. The predicted molar refractivity (Wildman–Crippen MR) is 90.0 cm³/mol. The summed E-state index contributed by atoms with van der Waals surface area (Å²) in [6.45, 7) is 0. The number of allylic oxidation sites excluding steroid dienone is 1. The number of rotatable bonds is 2. The molecule has 1 N–H and O–H groups in total. The Morgan fingerprint density at radius 1 is 0.917 bits per heavy atom. The van der Waals surface area contributed by atoms with E-state index in [4.69, 9.17) is 9.47 Å². The van der Waals surface area contributed by atoms with Crippen molar-refractivity contribution in [3.63, 3.8) is 0 Å². The zero-order valence-electron chi connectivity index (χ0n) is 13.4. The maximum absolute atomic E-state index is 10.6. The van der Waals surface area contributed by atoms with Crippen LogP contribution < -0.4 is 0 Å². The number of aliphatic hydroxyl groups is 1. The van der Waals surface area contributed by atoms with Gasteiger partial charge in [-0.3, -0.25) is 0 Å². The molecule has 0 saturated carbocycles. The average Bonchev–Trinajstić information content (AvgIpc) is 2.92. The molecular weight excluding hydrogens is 300 g/mol. The molecule has 2 aromatic rings. The molecular formula is C21H20O3. The first kappa shape index (κ1) is 14.3. The number of ether oxygens (including phenoxy) is 2. The molecule has 0 radical (unpaired) electrons. The summed E-state index contributed by atoms with van der Waals surface area (Å²) in [4.78, 5) is 0. The zero-order chi connectivity index (χ0) is 16.1. The number of aliphatic hydroxyl groups excluding tert-OH is 1. The molecule has 3 atom stereocenters. The predicted octanol–water partition coefficient (Wildman–Crippen LogP) is 3.73. The van der Waals surface area contributed by atoms with Crippen molar-refractivity contribution in [1.29, 1.82) is 0 Å². The highest BCUT2D eigenvalue weighted by molar-refractivity contribution is 5.46. The van der Waals surface area contributed by atoms with Crippen LogP contribution in [0, 0.1) is 5.92 Å². The summed E-state index contributed by atoms with van der Waals surface area (Å²) < 4.78 is 12.4. The van der Waals surface area contributed by atoms with Gasteiger partial charge in [0, 0.05) is 12.0 Å². The Hall–Kier alpha value is -2.10. The van der Waals surface area contributed by atoms with E-state index < -0.39 is 11.7 Å². The van der Waals surface area contributed by atoms with Gasteiger partial charge in [0.15, 0.2) is 0 Å². The minimum atomic E-state index is -0.567. The van der Waals surface area contributed by atoms with Gasteiger partial charge >= 0.3 is 0 Å². The Kier molecular flexibility index (Phi) is 3.09. The van der Waals surface area contributed by atoms with Crippen molar-refractivity contribution in [3.05, 3.63) is 83.1 Å². The zero-order valence-corrected chi connectivity index (χ0v) is 13.4. The lowest BCUT2D eigenvalue weighted by atomic mass is 9.66. The molecule has 1 saturated heterocycles. The van der Waals surface area contributed by atoms with Gasteiger partial charge in [-0.2, -0.15) is 0 Å². The molecule has 3 heteroatoms. The molecule has 5 rings (SSSR count). The van der Waals surface area contributed by atoms with Crippen molar-refractivity contribution in [1.82, 2.24) is 0 Å². The van der Waals surface area contributed by atoms with Crippen molar-refractivity contribution in [2.45, 2.75) is 37.3 Å². The quantitative estimate of drug-likeness (QED) is 0.916. The maximum atomic E-state index is 10.6. The van der Waals surface area contributed by atoms with Crippen molar-refractivity contribution in [3.8, 4) is 0 Å². The Morgan fingerprint density at radius 2 is 1.54 bits per heavy atom. The monoisotopic (exact) mass is 320 g/mol. The summed E-state index contributed by atoms with van der Waals surface area (Å²) in [5.74, 6) is 1.00. The standard InChI is InChI=1S/C21H20O3/c22-16-12-7-13-17-18(16)19-20(23-17)24-21(19,14-8-3-1-4-9-14)15-10-5-2-6-11-15/h1-6,8-11,16,19-20,22H,7,12-13H2/t16-,19+,20+/m1/s1. The second-order valence-corrected chi connectivity index (χ2v) is 6.84. The summed E-state index contributed by atoms with van der Waals surface area (Å²) in [5, 5.41) is 10.6. The van der Waals surface area contributed by atoms with E-state index in [1.807, 2.05) is 36.4 Å². The fourth-order valence-electron chi connectivity index (χ4n) is 4.52. The van der Waals surface area contributed by atoms with Gasteiger partial charge in [-0.15, -0.1) is 0 Å². The van der Waals surface area contributed by atoms with Crippen molar-refractivity contribution in [2.75, 3.05) is 0 Å². The van der Waals surface area contributed by atoms with E-state index in [9.17, 15) is 5.11 Å². The fraction of sp³-hybridized carbons (Fsp3) is 0.333. The molecule has 3 nitrogen and oxygen atoms in total. The lowest BCUT2D eigenvalue weighted by molar-refractivity contribution is -0.308. The van der Waals surface area contributed by atoms with Gasteiger partial charge in [-0.25, -0.2) is 0 Å². The Morgan fingerprint density at radius 3 is 2.17 bits per heavy atom. The summed E-state index contributed by atoms with van der Waals surface area (Å²) in [5.41, 5.74) is 2.73. The number of fused-ring (bicyclic) bond motifs is 2. The van der Waals surface area contributed by atoms with Gasteiger partial charge in [-0.1, -0.05) is 60.7 Å². The second kappa shape index (κ2) is 5.20. The molecule has 24 heavy (non-hydrogen) atoms. The topological polar surface area (TPSA) is 38.7 Å². The van der Waals surface area contributed by atoms with Crippen LogP contribution in [-0.4, -0.2) is 17.5 Å². The van der Waals surface area contributed by atoms with Gasteiger partial charge in [0.25, 0.3) is 0 Å². The van der Waals surface area contributed by atoms with Gasteiger partial charge in [0.2, 0.25) is 6.29 Å². The van der Waals surface area contributed by atoms with E-state index in [0.717, 1.165) is 41.7 Å². The third kappa shape index (κ3) is 1.80.